The van der Waals surface area contributed by atoms with Gasteiger partial charge in [0, 0.05) is 6.26 Å². The molecule has 0 aromatic carbocycles. The summed E-state index contributed by atoms with van der Waals surface area (Å²) >= 11 is 0. The van der Waals surface area contributed by atoms with Crippen molar-refractivity contribution in [3.8, 4) is 0 Å². The highest BCUT2D eigenvalue weighted by molar-refractivity contribution is 7.90. The fourth-order valence-electron chi connectivity index (χ4n) is 1.61. The van der Waals surface area contributed by atoms with E-state index in [1.807, 2.05) is 19.1 Å². The predicted molar refractivity (Wildman–Crippen MR) is 70.7 cm³/mol. The number of nitrogens with one attached hydrogen (secondary N) is 1. The molecular formula is C12H15N3O3S. The fourth-order valence-corrected chi connectivity index (χ4v) is 2.32. The smallest absolute Gasteiger partial charge is 0.180 e. The van der Waals surface area contributed by atoms with Gasteiger partial charge in [0.25, 0.3) is 0 Å². The Labute approximate surface area is 111 Å². The molecule has 7 heteroatoms. The Kier molecular flexibility index (Phi) is 3.57. The molecule has 2 aromatic heterocycles. The largest absolute Gasteiger partial charge is 0.465 e. The van der Waals surface area contributed by atoms with Crippen molar-refractivity contribution in [2.75, 3.05) is 11.6 Å². The van der Waals surface area contributed by atoms with Gasteiger partial charge < -0.3 is 9.73 Å². The Hall–Kier alpha value is -1.89. The van der Waals surface area contributed by atoms with E-state index in [1.54, 1.807) is 6.92 Å². The number of anilines is 1. The lowest BCUT2D eigenvalue weighted by molar-refractivity contribution is 0.490. The lowest BCUT2D eigenvalue weighted by Gasteiger charge is -2.08. The van der Waals surface area contributed by atoms with Gasteiger partial charge in [-0.05, 0) is 26.0 Å². The van der Waals surface area contributed by atoms with Gasteiger partial charge in [-0.3, -0.25) is 0 Å². The maximum Gasteiger partial charge on any atom is 0.180 e. The molecule has 0 spiro atoms. The van der Waals surface area contributed by atoms with Crippen molar-refractivity contribution in [2.24, 2.45) is 0 Å². The van der Waals surface area contributed by atoms with Crippen LogP contribution in [0.1, 0.15) is 17.3 Å². The highest BCUT2D eigenvalue weighted by Crippen LogP contribution is 2.19. The monoisotopic (exact) mass is 281 g/mol. The lowest BCUT2D eigenvalue weighted by atomic mass is 10.4. The molecule has 0 saturated heterocycles. The van der Waals surface area contributed by atoms with E-state index >= 15 is 0 Å². The summed E-state index contributed by atoms with van der Waals surface area (Å²) in [5, 5.41) is 2.97. The lowest BCUT2D eigenvalue weighted by Crippen LogP contribution is -2.09. The van der Waals surface area contributed by atoms with Crippen LogP contribution in [-0.2, 0) is 16.4 Å². The molecule has 0 aliphatic carbocycles. The van der Waals surface area contributed by atoms with Crippen LogP contribution in [0.4, 0.5) is 5.82 Å². The van der Waals surface area contributed by atoms with Crippen LogP contribution < -0.4 is 5.32 Å². The van der Waals surface area contributed by atoms with Crippen LogP contribution in [0.15, 0.2) is 27.6 Å². The molecular weight excluding hydrogens is 266 g/mol. The average Bonchev–Trinajstić information content (AvgIpc) is 2.71. The van der Waals surface area contributed by atoms with Gasteiger partial charge in [-0.25, -0.2) is 18.4 Å². The molecule has 0 saturated carbocycles. The van der Waals surface area contributed by atoms with Gasteiger partial charge in [-0.15, -0.1) is 0 Å². The highest BCUT2D eigenvalue weighted by Gasteiger charge is 2.15. The number of hydrogen-bond donors (Lipinski definition) is 1. The van der Waals surface area contributed by atoms with Gasteiger partial charge in [0.15, 0.2) is 9.84 Å². The Morgan fingerprint density at radius 2 is 2.05 bits per heavy atom. The molecule has 0 bridgehead atoms. The van der Waals surface area contributed by atoms with E-state index in [0.29, 0.717) is 23.9 Å². The predicted octanol–water partition coefficient (Wildman–Crippen LogP) is 1.70. The van der Waals surface area contributed by atoms with Crippen molar-refractivity contribution in [1.82, 2.24) is 9.97 Å². The second-order valence-corrected chi connectivity index (χ2v) is 6.25. The minimum atomic E-state index is -3.37. The maximum atomic E-state index is 11.6. The van der Waals surface area contributed by atoms with E-state index in [1.165, 1.54) is 6.20 Å². The number of hydrogen-bond acceptors (Lipinski definition) is 6. The first-order valence-electron chi connectivity index (χ1n) is 5.69. The van der Waals surface area contributed by atoms with Crippen LogP contribution in [0.2, 0.25) is 0 Å². The van der Waals surface area contributed by atoms with E-state index in [2.05, 4.69) is 15.3 Å². The Morgan fingerprint density at radius 1 is 1.32 bits per heavy atom. The van der Waals surface area contributed by atoms with Crippen molar-refractivity contribution in [3.05, 3.63) is 35.7 Å². The van der Waals surface area contributed by atoms with E-state index in [9.17, 15) is 8.42 Å². The zero-order valence-electron chi connectivity index (χ0n) is 11.0. The Balaban J connectivity index is 2.26. The summed E-state index contributed by atoms with van der Waals surface area (Å²) in [6, 6.07) is 3.68. The van der Waals surface area contributed by atoms with Gasteiger partial charge in [-0.2, -0.15) is 0 Å². The Morgan fingerprint density at radius 3 is 2.63 bits per heavy atom. The molecule has 0 unspecified atom stereocenters. The van der Waals surface area contributed by atoms with Crippen LogP contribution >= 0.6 is 0 Å². The molecule has 2 rings (SSSR count). The molecule has 2 heterocycles. The van der Waals surface area contributed by atoms with Crippen molar-refractivity contribution >= 4 is 15.7 Å². The summed E-state index contributed by atoms with van der Waals surface area (Å²) < 4.78 is 28.7. The fraction of sp³-hybridized carbons (Fsp3) is 0.333. The quantitative estimate of drug-likeness (QED) is 0.918. The van der Waals surface area contributed by atoms with E-state index < -0.39 is 9.84 Å². The summed E-state index contributed by atoms with van der Waals surface area (Å²) in [6.07, 6.45) is 2.44. The first-order valence-corrected chi connectivity index (χ1v) is 7.58. The molecule has 0 atom stereocenters. The molecule has 0 aliphatic heterocycles. The van der Waals surface area contributed by atoms with Crippen molar-refractivity contribution in [2.45, 2.75) is 25.3 Å². The van der Waals surface area contributed by atoms with Crippen molar-refractivity contribution in [1.29, 1.82) is 0 Å². The highest BCUT2D eigenvalue weighted by atomic mass is 32.2. The van der Waals surface area contributed by atoms with Gasteiger partial charge in [0.2, 0.25) is 0 Å². The number of aromatic nitrogens is 2. The average molecular weight is 281 g/mol. The summed E-state index contributed by atoms with van der Waals surface area (Å²) in [6.45, 7) is 3.92. The third-order valence-corrected chi connectivity index (χ3v) is 3.60. The topological polar surface area (TPSA) is 85.1 Å². The summed E-state index contributed by atoms with van der Waals surface area (Å²) in [4.78, 5) is 8.11. The zero-order valence-corrected chi connectivity index (χ0v) is 11.8. The summed E-state index contributed by atoms with van der Waals surface area (Å²) in [5.41, 5.74) is 0. The van der Waals surface area contributed by atoms with Gasteiger partial charge in [0.05, 0.1) is 12.7 Å². The molecule has 0 radical (unpaired) electrons. The molecule has 1 N–H and O–H groups in total. The Bertz CT molecular complexity index is 692. The first-order chi connectivity index (χ1) is 8.86. The minimum Gasteiger partial charge on any atom is -0.465 e. The molecule has 0 amide bonds. The maximum absolute atomic E-state index is 11.6. The standard InChI is InChI=1S/C12H15N3O3S/c1-8-4-5-10(18-8)6-14-12-11(19(3,16)17)7-13-9(2)15-12/h4-5,7H,6H2,1-3H3,(H,13,14,15). The van der Waals surface area contributed by atoms with Crippen LogP contribution in [-0.4, -0.2) is 24.6 Å². The second-order valence-electron chi connectivity index (χ2n) is 4.27. The summed E-state index contributed by atoms with van der Waals surface area (Å²) in [5.74, 6) is 2.32. The number of nitrogens with zero attached hydrogens (tertiary/aromatic N) is 2. The van der Waals surface area contributed by atoms with Gasteiger partial charge in [0.1, 0.15) is 28.1 Å². The van der Waals surface area contributed by atoms with Gasteiger partial charge >= 0.3 is 0 Å². The van der Waals surface area contributed by atoms with E-state index in [0.717, 1.165) is 12.0 Å². The number of aryl methyl sites for hydroxylation is 2. The SMILES string of the molecule is Cc1ncc(S(C)(=O)=O)c(NCc2ccc(C)o2)n1. The zero-order chi connectivity index (χ0) is 14.0. The van der Waals surface area contributed by atoms with Crippen molar-refractivity contribution < 1.29 is 12.8 Å². The number of sulfone groups is 1. The molecule has 2 aromatic rings. The second kappa shape index (κ2) is 5.00. The van der Waals surface area contributed by atoms with Crippen LogP contribution in [0.5, 0.6) is 0 Å². The molecule has 0 aliphatic rings. The van der Waals surface area contributed by atoms with Crippen LogP contribution in [0, 0.1) is 13.8 Å². The molecule has 6 nitrogen and oxygen atoms in total. The van der Waals surface area contributed by atoms with Crippen LogP contribution in [0.3, 0.4) is 0 Å². The van der Waals surface area contributed by atoms with Crippen molar-refractivity contribution in [3.63, 3.8) is 0 Å². The third-order valence-electron chi connectivity index (χ3n) is 2.50. The molecule has 19 heavy (non-hydrogen) atoms. The van der Waals surface area contributed by atoms with E-state index in [4.69, 9.17) is 4.42 Å². The first kappa shape index (κ1) is 13.5. The van der Waals surface area contributed by atoms with E-state index in [-0.39, 0.29) is 4.90 Å². The number of furan rings is 1. The summed E-state index contributed by atoms with van der Waals surface area (Å²) in [7, 11) is -3.37. The minimum absolute atomic E-state index is 0.0846. The third kappa shape index (κ3) is 3.31. The molecule has 102 valence electrons. The molecule has 0 fully saturated rings. The van der Waals surface area contributed by atoms with Gasteiger partial charge in [-0.1, -0.05) is 0 Å². The normalized spacial score (nSPS) is 11.5. The number of rotatable bonds is 4. The van der Waals surface area contributed by atoms with Crippen LogP contribution in [0.25, 0.3) is 0 Å².